The number of aryl methyl sites for hydroxylation is 1. The highest BCUT2D eigenvalue weighted by atomic mass is 16.2. The first-order valence-corrected chi connectivity index (χ1v) is 13.3. The molecule has 2 aromatic rings. The average Bonchev–Trinajstić information content (AvgIpc) is 3.67. The molecule has 4 heteroatoms. The lowest BCUT2D eigenvalue weighted by Crippen LogP contribution is -2.39. The highest BCUT2D eigenvalue weighted by molar-refractivity contribution is 5.81. The second-order valence-electron chi connectivity index (χ2n) is 10.9. The Labute approximate surface area is 222 Å². The largest absolute Gasteiger partial charge is 0.400 e. The minimum Gasteiger partial charge on any atom is -0.400 e. The predicted molar refractivity (Wildman–Crippen MR) is 159 cm³/mol. The summed E-state index contributed by atoms with van der Waals surface area (Å²) in [6.45, 7) is 17.4. The third-order valence-corrected chi connectivity index (χ3v) is 6.32. The van der Waals surface area contributed by atoms with Gasteiger partial charge in [0.15, 0.2) is 0 Å². The topological polar surface area (TPSA) is 52.6 Å². The van der Waals surface area contributed by atoms with Crippen molar-refractivity contribution in [2.75, 3.05) is 30.4 Å². The van der Waals surface area contributed by atoms with E-state index in [-0.39, 0.29) is 1.43 Å². The molecule has 1 aliphatic carbocycles. The molecular weight excluding hydrogens is 444 g/mol. The Morgan fingerprint density at radius 1 is 1.03 bits per heavy atom. The van der Waals surface area contributed by atoms with Gasteiger partial charge >= 0.3 is 0 Å². The number of aliphatic hydroxyl groups excluding tert-OH is 1. The van der Waals surface area contributed by atoms with E-state index in [2.05, 4.69) is 87.7 Å². The van der Waals surface area contributed by atoms with E-state index in [0.717, 1.165) is 44.4 Å². The van der Waals surface area contributed by atoms with Gasteiger partial charge in [0.25, 0.3) is 0 Å². The van der Waals surface area contributed by atoms with E-state index >= 15 is 0 Å². The van der Waals surface area contributed by atoms with Crippen molar-refractivity contribution in [1.29, 1.82) is 0 Å². The number of aliphatic hydroxyl groups is 1. The van der Waals surface area contributed by atoms with Crippen LogP contribution >= 0.6 is 0 Å². The fraction of sp³-hybridized carbons (Fsp3) is 0.500. The van der Waals surface area contributed by atoms with E-state index in [1.807, 2.05) is 32.0 Å². The van der Waals surface area contributed by atoms with Gasteiger partial charge in [-0.1, -0.05) is 95.2 Å². The van der Waals surface area contributed by atoms with Crippen LogP contribution in [0.15, 0.2) is 60.2 Å². The summed E-state index contributed by atoms with van der Waals surface area (Å²) in [4.78, 5) is 13.1. The maximum absolute atomic E-state index is 10.7. The number of hydrogen-bond acceptors (Lipinski definition) is 3. The zero-order valence-electron chi connectivity index (χ0n) is 23.9. The average molecular weight is 496 g/mol. The number of nitrogens with zero attached hydrogens (tertiary/aromatic N) is 1. The molecule has 1 aliphatic heterocycles. The Kier molecular flexibility index (Phi) is 13.5. The molecule has 1 radical (unpaired) electrons. The maximum atomic E-state index is 10.7. The summed E-state index contributed by atoms with van der Waals surface area (Å²) >= 11 is 0. The molecule has 4 nitrogen and oxygen atoms in total. The van der Waals surface area contributed by atoms with E-state index in [1.165, 1.54) is 36.0 Å². The Bertz CT molecular complexity index is 925. The summed E-state index contributed by atoms with van der Waals surface area (Å²) < 4.78 is 0. The summed E-state index contributed by atoms with van der Waals surface area (Å²) in [5.74, 6) is 0. The van der Waals surface area contributed by atoms with Gasteiger partial charge in [-0.25, -0.2) is 0 Å². The van der Waals surface area contributed by atoms with Gasteiger partial charge in [-0.05, 0) is 61.1 Å². The Hall–Kier alpha value is -2.59. The van der Waals surface area contributed by atoms with E-state index in [4.69, 9.17) is 5.11 Å². The molecule has 0 aromatic heterocycles. The molecule has 0 atom stereocenters. The standard InChI is InChI=1S/C17H21N2O.C12H18.C2H6.CH4O.H2/c1-17(12-14-6-7-14)8-10-19(11-9-17)16-5-3-2-4-15(16)18-13-20;1-10-5-7-11(8-6-10)9-12(2,3)4;2*1-2;/h2-7,13H,8-12H2,1H3,(H,18,20);5-8H,9H2,1-4H3;1-2H3;2H,1H3;1H. The predicted octanol–water partition coefficient (Wildman–Crippen LogP) is 7.86. The van der Waals surface area contributed by atoms with Crippen LogP contribution in [0.1, 0.15) is 73.4 Å². The van der Waals surface area contributed by atoms with E-state index < -0.39 is 0 Å². The summed E-state index contributed by atoms with van der Waals surface area (Å²) in [5.41, 5.74) is 7.17. The molecule has 201 valence electrons. The second kappa shape index (κ2) is 15.5. The van der Waals surface area contributed by atoms with Gasteiger partial charge in [0, 0.05) is 28.0 Å². The highest BCUT2D eigenvalue weighted by Crippen LogP contribution is 2.42. The molecule has 1 saturated heterocycles. The van der Waals surface area contributed by atoms with Crippen LogP contribution in [0.4, 0.5) is 11.4 Å². The summed E-state index contributed by atoms with van der Waals surface area (Å²) in [6.07, 6.45) is 9.98. The first-order valence-electron chi connectivity index (χ1n) is 13.3. The number of anilines is 2. The number of carbonyl (C=O) groups excluding carboxylic acids is 1. The summed E-state index contributed by atoms with van der Waals surface area (Å²) in [7, 11) is 1.00. The molecule has 1 fully saturated rings. The Morgan fingerprint density at radius 3 is 2.08 bits per heavy atom. The monoisotopic (exact) mass is 495 g/mol. The maximum Gasteiger partial charge on any atom is 0.211 e. The van der Waals surface area contributed by atoms with Crippen LogP contribution in [0, 0.1) is 24.2 Å². The number of allylic oxidation sites excluding steroid dienone is 2. The van der Waals surface area contributed by atoms with Gasteiger partial charge in [0.1, 0.15) is 0 Å². The van der Waals surface area contributed by atoms with Crippen LogP contribution in [0.25, 0.3) is 0 Å². The quantitative estimate of drug-likeness (QED) is 0.401. The molecule has 0 saturated carbocycles. The van der Waals surface area contributed by atoms with Gasteiger partial charge < -0.3 is 15.3 Å². The molecule has 1 heterocycles. The molecule has 2 aliphatic rings. The molecule has 36 heavy (non-hydrogen) atoms. The van der Waals surface area contributed by atoms with E-state index in [9.17, 15) is 4.79 Å². The molecule has 0 spiro atoms. The second-order valence-corrected chi connectivity index (χ2v) is 10.9. The molecule has 1 amide bonds. The SMILES string of the molecule is CC.CC1(CC2=C[CH]2)CCN(c2ccccc2NC=O)CC1.CO.Cc1ccc(CC(C)(C)C)cc1.[HH]. The number of amides is 1. The lowest BCUT2D eigenvalue weighted by atomic mass is 9.76. The van der Waals surface area contributed by atoms with Crippen molar-refractivity contribution in [2.45, 2.75) is 74.1 Å². The number of benzene rings is 2. The number of nitrogens with one attached hydrogen (secondary N) is 1. The Balaban J connectivity index is 0.000000659. The zero-order valence-corrected chi connectivity index (χ0v) is 23.9. The van der Waals surface area contributed by atoms with Crippen molar-refractivity contribution in [3.05, 3.63) is 77.7 Å². The molecule has 0 unspecified atom stereocenters. The first-order chi connectivity index (χ1) is 17.2. The molecule has 2 aromatic carbocycles. The van der Waals surface area contributed by atoms with Crippen LogP contribution in [-0.4, -0.2) is 31.7 Å². The van der Waals surface area contributed by atoms with Crippen LogP contribution in [-0.2, 0) is 11.2 Å². The third-order valence-electron chi connectivity index (χ3n) is 6.32. The van der Waals surface area contributed by atoms with Crippen molar-refractivity contribution >= 4 is 17.8 Å². The fourth-order valence-corrected chi connectivity index (χ4v) is 4.39. The van der Waals surface area contributed by atoms with Crippen LogP contribution in [0.3, 0.4) is 0 Å². The number of para-hydroxylation sites is 2. The van der Waals surface area contributed by atoms with Crippen LogP contribution < -0.4 is 10.2 Å². The number of carbonyl (C=O) groups is 1. The minimum absolute atomic E-state index is 0. The number of rotatable bonds is 6. The fourth-order valence-electron chi connectivity index (χ4n) is 4.39. The lowest BCUT2D eigenvalue weighted by Gasteiger charge is -2.40. The van der Waals surface area contributed by atoms with Gasteiger partial charge in [-0.2, -0.15) is 0 Å². The minimum atomic E-state index is 0. The lowest BCUT2D eigenvalue weighted by molar-refractivity contribution is -0.105. The van der Waals surface area contributed by atoms with Gasteiger partial charge in [0.05, 0.1) is 11.4 Å². The zero-order chi connectivity index (χ0) is 27.2. The van der Waals surface area contributed by atoms with Crippen LogP contribution in [0.2, 0.25) is 0 Å². The van der Waals surface area contributed by atoms with Crippen molar-refractivity contribution in [2.24, 2.45) is 10.8 Å². The molecule has 4 rings (SSSR count). The van der Waals surface area contributed by atoms with Crippen molar-refractivity contribution in [3.63, 3.8) is 0 Å². The smallest absolute Gasteiger partial charge is 0.211 e. The highest BCUT2D eigenvalue weighted by Gasteiger charge is 2.32. The van der Waals surface area contributed by atoms with Gasteiger partial charge in [0.2, 0.25) is 6.41 Å². The molecular formula is C32H51N2O2. The number of hydrogen-bond donors (Lipinski definition) is 2. The van der Waals surface area contributed by atoms with E-state index in [0.29, 0.717) is 10.8 Å². The normalized spacial score (nSPS) is 15.5. The summed E-state index contributed by atoms with van der Waals surface area (Å²) in [6, 6.07) is 16.8. The van der Waals surface area contributed by atoms with Crippen molar-refractivity contribution in [1.82, 2.24) is 0 Å². The molecule has 0 bridgehead atoms. The van der Waals surface area contributed by atoms with Gasteiger partial charge in [-0.15, -0.1) is 0 Å². The first kappa shape index (κ1) is 31.4. The summed E-state index contributed by atoms with van der Waals surface area (Å²) in [5, 5.41) is 9.80. The van der Waals surface area contributed by atoms with Crippen molar-refractivity contribution in [3.8, 4) is 0 Å². The molecule has 2 N–H and O–H groups in total. The van der Waals surface area contributed by atoms with Gasteiger partial charge in [-0.3, -0.25) is 4.79 Å². The van der Waals surface area contributed by atoms with Crippen LogP contribution in [0.5, 0.6) is 0 Å². The Morgan fingerprint density at radius 2 is 1.58 bits per heavy atom. The van der Waals surface area contributed by atoms with Crippen molar-refractivity contribution < 1.29 is 11.3 Å². The number of piperidine rings is 1. The van der Waals surface area contributed by atoms with E-state index in [1.54, 1.807) is 0 Å². The third kappa shape index (κ3) is 11.4.